The molecule has 0 atom stereocenters. The van der Waals surface area contributed by atoms with Gasteiger partial charge in [-0.3, -0.25) is 0 Å². The summed E-state index contributed by atoms with van der Waals surface area (Å²) in [6.07, 6.45) is 3.15. The van der Waals surface area contributed by atoms with E-state index in [2.05, 4.69) is 65.2 Å². The molecular formula is C17H22BrN3. The van der Waals surface area contributed by atoms with Crippen LogP contribution >= 0.6 is 15.9 Å². The molecule has 0 spiro atoms. The van der Waals surface area contributed by atoms with Gasteiger partial charge in [-0.05, 0) is 43.5 Å². The summed E-state index contributed by atoms with van der Waals surface area (Å²) in [4.78, 5) is 9.40. The summed E-state index contributed by atoms with van der Waals surface area (Å²) in [5.74, 6) is 1.73. The van der Waals surface area contributed by atoms with E-state index in [0.717, 1.165) is 53.2 Å². The maximum atomic E-state index is 4.73. The smallest absolute Gasteiger partial charge is 0.162 e. The number of nitrogens with one attached hydrogen (secondary N) is 1. The molecule has 1 N–H and O–H groups in total. The first-order valence-corrected chi connectivity index (χ1v) is 8.31. The number of aromatic nitrogens is 2. The van der Waals surface area contributed by atoms with Gasteiger partial charge >= 0.3 is 0 Å². The lowest BCUT2D eigenvalue weighted by atomic mass is 10.1. The first-order valence-electron chi connectivity index (χ1n) is 7.52. The fourth-order valence-electron chi connectivity index (χ4n) is 2.22. The quantitative estimate of drug-likeness (QED) is 0.799. The third kappa shape index (κ3) is 4.27. The largest absolute Gasteiger partial charge is 0.370 e. The van der Waals surface area contributed by atoms with Crippen LogP contribution in [0, 0.1) is 6.92 Å². The van der Waals surface area contributed by atoms with Crippen LogP contribution in [0.3, 0.4) is 0 Å². The second-order valence-corrected chi connectivity index (χ2v) is 6.12. The standard InChI is InChI=1S/C17H22BrN3/c1-4-6-14-11-16(19-9-5-2)21-17(20-14)15-8-7-13(18)10-12(15)3/h7-8,10-11H,4-6,9H2,1-3H3,(H,19,20,21). The van der Waals surface area contributed by atoms with E-state index in [0.29, 0.717) is 0 Å². The number of anilines is 1. The summed E-state index contributed by atoms with van der Waals surface area (Å²) in [6.45, 7) is 7.35. The van der Waals surface area contributed by atoms with E-state index >= 15 is 0 Å². The molecule has 2 aromatic rings. The third-order valence-electron chi connectivity index (χ3n) is 3.27. The van der Waals surface area contributed by atoms with E-state index in [-0.39, 0.29) is 0 Å². The Morgan fingerprint density at radius 1 is 1.10 bits per heavy atom. The van der Waals surface area contributed by atoms with E-state index in [4.69, 9.17) is 4.98 Å². The number of rotatable bonds is 6. The highest BCUT2D eigenvalue weighted by Gasteiger charge is 2.09. The minimum atomic E-state index is 0.810. The Hall–Kier alpha value is -1.42. The number of halogens is 1. The molecule has 112 valence electrons. The molecule has 4 heteroatoms. The first kappa shape index (κ1) is 16.0. The molecule has 0 saturated heterocycles. The van der Waals surface area contributed by atoms with Gasteiger partial charge in [0.1, 0.15) is 5.82 Å². The van der Waals surface area contributed by atoms with Crippen LogP contribution in [-0.2, 0) is 6.42 Å². The molecule has 1 aromatic heterocycles. The SMILES string of the molecule is CCCNc1cc(CCC)nc(-c2ccc(Br)cc2C)n1. The van der Waals surface area contributed by atoms with Crippen molar-refractivity contribution in [1.82, 2.24) is 9.97 Å². The van der Waals surface area contributed by atoms with Crippen LogP contribution in [0.4, 0.5) is 5.82 Å². The minimum Gasteiger partial charge on any atom is -0.370 e. The topological polar surface area (TPSA) is 37.8 Å². The second kappa shape index (κ2) is 7.55. The summed E-state index contributed by atoms with van der Waals surface area (Å²) in [5.41, 5.74) is 3.37. The average molecular weight is 348 g/mol. The van der Waals surface area contributed by atoms with Gasteiger partial charge in [0.15, 0.2) is 5.82 Å². The van der Waals surface area contributed by atoms with Gasteiger partial charge in [0.2, 0.25) is 0 Å². The third-order valence-corrected chi connectivity index (χ3v) is 3.76. The molecule has 0 radical (unpaired) electrons. The van der Waals surface area contributed by atoms with Crippen LogP contribution in [0.25, 0.3) is 11.4 Å². The Kier molecular flexibility index (Phi) is 5.74. The molecule has 0 aliphatic carbocycles. The van der Waals surface area contributed by atoms with E-state index in [9.17, 15) is 0 Å². The van der Waals surface area contributed by atoms with Crippen molar-refractivity contribution >= 4 is 21.7 Å². The van der Waals surface area contributed by atoms with E-state index < -0.39 is 0 Å². The number of hydrogen-bond donors (Lipinski definition) is 1. The van der Waals surface area contributed by atoms with Crippen molar-refractivity contribution in [3.05, 3.63) is 40.0 Å². The summed E-state index contributed by atoms with van der Waals surface area (Å²) in [7, 11) is 0. The highest BCUT2D eigenvalue weighted by Crippen LogP contribution is 2.25. The predicted octanol–water partition coefficient (Wildman–Crippen LogP) is 4.99. The number of aryl methyl sites for hydroxylation is 2. The van der Waals surface area contributed by atoms with E-state index in [1.807, 2.05) is 6.07 Å². The van der Waals surface area contributed by atoms with Gasteiger partial charge in [-0.25, -0.2) is 9.97 Å². The maximum Gasteiger partial charge on any atom is 0.162 e. The molecule has 1 aromatic carbocycles. The Balaban J connectivity index is 2.43. The number of nitrogens with zero attached hydrogens (tertiary/aromatic N) is 2. The van der Waals surface area contributed by atoms with Crippen LogP contribution in [0.1, 0.15) is 37.9 Å². The molecule has 2 rings (SSSR count). The Bertz CT molecular complexity index is 611. The normalized spacial score (nSPS) is 10.7. The molecule has 21 heavy (non-hydrogen) atoms. The monoisotopic (exact) mass is 347 g/mol. The van der Waals surface area contributed by atoms with Crippen LogP contribution < -0.4 is 5.32 Å². The van der Waals surface area contributed by atoms with Crippen molar-refractivity contribution in [2.45, 2.75) is 40.0 Å². The lowest BCUT2D eigenvalue weighted by Gasteiger charge is -2.11. The van der Waals surface area contributed by atoms with Crippen LogP contribution in [0.5, 0.6) is 0 Å². The molecule has 0 bridgehead atoms. The van der Waals surface area contributed by atoms with Crippen LogP contribution in [0.15, 0.2) is 28.7 Å². The number of hydrogen-bond acceptors (Lipinski definition) is 3. The summed E-state index contributed by atoms with van der Waals surface area (Å²) >= 11 is 3.50. The lowest BCUT2D eigenvalue weighted by Crippen LogP contribution is -2.06. The van der Waals surface area contributed by atoms with Gasteiger partial charge in [-0.2, -0.15) is 0 Å². The van der Waals surface area contributed by atoms with Gasteiger partial charge in [-0.1, -0.05) is 36.2 Å². The van der Waals surface area contributed by atoms with Gasteiger partial charge in [-0.15, -0.1) is 0 Å². The molecule has 3 nitrogen and oxygen atoms in total. The van der Waals surface area contributed by atoms with Crippen molar-refractivity contribution in [2.24, 2.45) is 0 Å². The summed E-state index contributed by atoms with van der Waals surface area (Å²) in [5, 5.41) is 3.37. The highest BCUT2D eigenvalue weighted by molar-refractivity contribution is 9.10. The van der Waals surface area contributed by atoms with Gasteiger partial charge < -0.3 is 5.32 Å². The molecule has 0 aliphatic heterocycles. The number of benzene rings is 1. The molecule has 1 heterocycles. The average Bonchev–Trinajstić information content (AvgIpc) is 2.45. The second-order valence-electron chi connectivity index (χ2n) is 5.20. The van der Waals surface area contributed by atoms with Gasteiger partial charge in [0.05, 0.1) is 0 Å². The van der Waals surface area contributed by atoms with Crippen molar-refractivity contribution < 1.29 is 0 Å². The molecule has 0 aliphatic rings. The predicted molar refractivity (Wildman–Crippen MR) is 92.7 cm³/mol. The van der Waals surface area contributed by atoms with Gasteiger partial charge in [0, 0.05) is 28.3 Å². The molecule has 0 amide bonds. The van der Waals surface area contributed by atoms with Crippen LogP contribution in [-0.4, -0.2) is 16.5 Å². The van der Waals surface area contributed by atoms with Gasteiger partial charge in [0.25, 0.3) is 0 Å². The molecule has 0 unspecified atom stereocenters. The fourth-order valence-corrected chi connectivity index (χ4v) is 2.70. The Morgan fingerprint density at radius 2 is 1.90 bits per heavy atom. The highest BCUT2D eigenvalue weighted by atomic mass is 79.9. The summed E-state index contributed by atoms with van der Waals surface area (Å²) < 4.78 is 1.08. The van der Waals surface area contributed by atoms with Crippen molar-refractivity contribution in [3.63, 3.8) is 0 Å². The zero-order chi connectivity index (χ0) is 15.2. The maximum absolute atomic E-state index is 4.73. The Morgan fingerprint density at radius 3 is 2.57 bits per heavy atom. The van der Waals surface area contributed by atoms with Crippen LogP contribution in [0.2, 0.25) is 0 Å². The fraction of sp³-hybridized carbons (Fsp3) is 0.412. The Labute approximate surface area is 135 Å². The van der Waals surface area contributed by atoms with E-state index in [1.165, 1.54) is 5.56 Å². The van der Waals surface area contributed by atoms with E-state index in [1.54, 1.807) is 0 Å². The summed E-state index contributed by atoms with van der Waals surface area (Å²) in [6, 6.07) is 8.28. The molecule has 0 saturated carbocycles. The molecule has 0 fully saturated rings. The minimum absolute atomic E-state index is 0.810. The van der Waals surface area contributed by atoms with Crippen molar-refractivity contribution in [2.75, 3.05) is 11.9 Å². The zero-order valence-corrected chi connectivity index (χ0v) is 14.5. The van der Waals surface area contributed by atoms with Crippen molar-refractivity contribution in [3.8, 4) is 11.4 Å². The molecular weight excluding hydrogens is 326 g/mol. The first-order chi connectivity index (χ1) is 10.1. The zero-order valence-electron chi connectivity index (χ0n) is 12.9. The van der Waals surface area contributed by atoms with Crippen molar-refractivity contribution in [1.29, 1.82) is 0 Å². The lowest BCUT2D eigenvalue weighted by molar-refractivity contribution is 0.872.